The van der Waals surface area contributed by atoms with Crippen LogP contribution in [-0.4, -0.2) is 30.1 Å². The van der Waals surface area contributed by atoms with Crippen LogP contribution in [0.4, 0.5) is 10.1 Å². The van der Waals surface area contributed by atoms with Crippen molar-refractivity contribution in [1.29, 1.82) is 0 Å². The van der Waals surface area contributed by atoms with Crippen LogP contribution in [0.5, 0.6) is 0 Å². The van der Waals surface area contributed by atoms with E-state index in [1.165, 1.54) is 12.1 Å². The molecule has 3 N–H and O–H groups in total. The molecule has 188 valence electrons. The smallest absolute Gasteiger partial charge is 0.178 e. The Kier molecular flexibility index (Phi) is 6.13. The lowest BCUT2D eigenvalue weighted by Crippen LogP contribution is -1.98. The summed E-state index contributed by atoms with van der Waals surface area (Å²) in [5.74, 6) is 0.289. The first-order valence-electron chi connectivity index (χ1n) is 12.6. The number of allylic oxidation sites excluding steroid dienone is 1. The molecule has 38 heavy (non-hydrogen) atoms. The molecule has 0 aliphatic rings. The van der Waals surface area contributed by atoms with Crippen molar-refractivity contribution in [3.63, 3.8) is 0 Å². The first-order chi connectivity index (χ1) is 18.6. The number of halogens is 1. The molecule has 4 heterocycles. The molecular weight excluding hydrogens is 477 g/mol. The highest BCUT2D eigenvalue weighted by Gasteiger charge is 2.16. The SMILES string of the molecule is C=C(CCCC)Nc1cncc(-c2ccc3[nH]nc(-c4nc5nccc(-c6cccc(F)c6)c5[nH]4)c3c2)c1. The topological polar surface area (TPSA) is 95.2 Å². The molecule has 0 spiro atoms. The summed E-state index contributed by atoms with van der Waals surface area (Å²) >= 11 is 0. The fourth-order valence-corrected chi connectivity index (χ4v) is 4.62. The van der Waals surface area contributed by atoms with E-state index in [2.05, 4.69) is 56.1 Å². The van der Waals surface area contributed by atoms with Crippen LogP contribution in [0.1, 0.15) is 26.2 Å². The first kappa shape index (κ1) is 23.5. The summed E-state index contributed by atoms with van der Waals surface area (Å²) < 4.78 is 13.9. The van der Waals surface area contributed by atoms with Crippen molar-refractivity contribution in [3.05, 3.63) is 91.3 Å². The highest BCUT2D eigenvalue weighted by atomic mass is 19.1. The van der Waals surface area contributed by atoms with Crippen LogP contribution in [-0.2, 0) is 0 Å². The highest BCUT2D eigenvalue weighted by Crippen LogP contribution is 2.33. The summed E-state index contributed by atoms with van der Waals surface area (Å²) in [5.41, 5.74) is 8.28. The minimum atomic E-state index is -0.294. The number of unbranched alkanes of at least 4 members (excludes halogenated alkanes) is 1. The van der Waals surface area contributed by atoms with E-state index in [0.717, 1.165) is 69.3 Å². The number of anilines is 1. The van der Waals surface area contributed by atoms with Crippen molar-refractivity contribution in [2.24, 2.45) is 0 Å². The largest absolute Gasteiger partial charge is 0.358 e. The van der Waals surface area contributed by atoms with Gasteiger partial charge in [-0.05, 0) is 60.4 Å². The molecule has 0 amide bonds. The molecular formula is C30H26FN7. The normalized spacial score (nSPS) is 11.3. The molecule has 6 rings (SSSR count). The van der Waals surface area contributed by atoms with Crippen LogP contribution < -0.4 is 5.32 Å². The van der Waals surface area contributed by atoms with E-state index < -0.39 is 0 Å². The second kappa shape index (κ2) is 9.89. The molecule has 0 atom stereocenters. The van der Waals surface area contributed by atoms with Gasteiger partial charge in [0.15, 0.2) is 11.5 Å². The molecule has 0 saturated heterocycles. The van der Waals surface area contributed by atoms with Gasteiger partial charge in [0.05, 0.1) is 22.9 Å². The molecule has 0 unspecified atom stereocenters. The number of fused-ring (bicyclic) bond motifs is 2. The lowest BCUT2D eigenvalue weighted by atomic mass is 10.0. The number of aromatic amines is 2. The summed E-state index contributed by atoms with van der Waals surface area (Å²) in [6.45, 7) is 6.30. The summed E-state index contributed by atoms with van der Waals surface area (Å²) in [5, 5.41) is 11.9. The van der Waals surface area contributed by atoms with E-state index >= 15 is 0 Å². The first-order valence-corrected chi connectivity index (χ1v) is 12.6. The number of benzene rings is 2. The van der Waals surface area contributed by atoms with Crippen LogP contribution in [0.25, 0.3) is 55.8 Å². The number of H-pyrrole nitrogens is 2. The fraction of sp³-hybridized carbons (Fsp3) is 0.133. The van der Waals surface area contributed by atoms with Gasteiger partial charge in [0, 0.05) is 34.6 Å². The molecule has 4 aromatic heterocycles. The highest BCUT2D eigenvalue weighted by molar-refractivity contribution is 5.97. The Labute approximate surface area is 218 Å². The van der Waals surface area contributed by atoms with Crippen LogP contribution in [0, 0.1) is 5.82 Å². The van der Waals surface area contributed by atoms with E-state index in [1.807, 2.05) is 30.5 Å². The van der Waals surface area contributed by atoms with Gasteiger partial charge in [0.25, 0.3) is 0 Å². The molecule has 0 bridgehead atoms. The average Bonchev–Trinajstić information content (AvgIpc) is 3.55. The van der Waals surface area contributed by atoms with Crippen molar-refractivity contribution in [2.75, 3.05) is 5.32 Å². The van der Waals surface area contributed by atoms with Gasteiger partial charge in [-0.25, -0.2) is 14.4 Å². The number of aromatic nitrogens is 6. The lowest BCUT2D eigenvalue weighted by molar-refractivity contribution is 0.628. The summed E-state index contributed by atoms with van der Waals surface area (Å²) in [6.07, 6.45) is 8.48. The van der Waals surface area contributed by atoms with Gasteiger partial charge in [-0.15, -0.1) is 0 Å². The Bertz CT molecular complexity index is 1780. The van der Waals surface area contributed by atoms with Crippen LogP contribution in [0.15, 0.2) is 85.5 Å². The van der Waals surface area contributed by atoms with Crippen LogP contribution >= 0.6 is 0 Å². The molecule has 7 nitrogen and oxygen atoms in total. The van der Waals surface area contributed by atoms with Crippen molar-refractivity contribution in [2.45, 2.75) is 26.2 Å². The quantitative estimate of drug-likeness (QED) is 0.200. The van der Waals surface area contributed by atoms with Gasteiger partial charge in [-0.1, -0.05) is 38.1 Å². The maximum Gasteiger partial charge on any atom is 0.178 e. The third kappa shape index (κ3) is 4.52. The lowest BCUT2D eigenvalue weighted by Gasteiger charge is -2.10. The zero-order chi connectivity index (χ0) is 26.1. The number of imidazole rings is 1. The maximum atomic E-state index is 13.9. The zero-order valence-electron chi connectivity index (χ0n) is 20.9. The van der Waals surface area contributed by atoms with Crippen LogP contribution in [0.3, 0.4) is 0 Å². The predicted molar refractivity (Wildman–Crippen MR) is 150 cm³/mol. The molecule has 0 fully saturated rings. The van der Waals surface area contributed by atoms with E-state index in [0.29, 0.717) is 17.2 Å². The second-order valence-electron chi connectivity index (χ2n) is 9.28. The number of pyridine rings is 2. The van der Waals surface area contributed by atoms with E-state index in [-0.39, 0.29) is 5.82 Å². The third-order valence-electron chi connectivity index (χ3n) is 6.54. The number of nitrogens with zero attached hydrogens (tertiary/aromatic N) is 4. The molecule has 8 heteroatoms. The number of hydrogen-bond acceptors (Lipinski definition) is 5. The molecule has 0 saturated carbocycles. The fourth-order valence-electron chi connectivity index (χ4n) is 4.62. The minimum absolute atomic E-state index is 0.294. The van der Waals surface area contributed by atoms with Gasteiger partial charge in [0.2, 0.25) is 0 Å². The molecule has 0 radical (unpaired) electrons. The van der Waals surface area contributed by atoms with Crippen LogP contribution in [0.2, 0.25) is 0 Å². The summed E-state index contributed by atoms with van der Waals surface area (Å²) in [6, 6.07) is 16.5. The summed E-state index contributed by atoms with van der Waals surface area (Å²) in [7, 11) is 0. The Hall–Kier alpha value is -4.85. The molecule has 6 aromatic rings. The zero-order valence-corrected chi connectivity index (χ0v) is 20.9. The van der Waals surface area contributed by atoms with Crippen molar-refractivity contribution in [3.8, 4) is 33.8 Å². The van der Waals surface area contributed by atoms with E-state index in [9.17, 15) is 4.39 Å². The van der Waals surface area contributed by atoms with Crippen molar-refractivity contribution in [1.82, 2.24) is 30.1 Å². The minimum Gasteiger partial charge on any atom is -0.358 e. The molecule has 2 aromatic carbocycles. The second-order valence-corrected chi connectivity index (χ2v) is 9.28. The Morgan fingerprint density at radius 2 is 1.95 bits per heavy atom. The number of hydrogen-bond donors (Lipinski definition) is 3. The maximum absolute atomic E-state index is 13.9. The average molecular weight is 504 g/mol. The predicted octanol–water partition coefficient (Wildman–Crippen LogP) is 7.49. The van der Waals surface area contributed by atoms with Gasteiger partial charge in [0.1, 0.15) is 11.5 Å². The van der Waals surface area contributed by atoms with Crippen molar-refractivity contribution < 1.29 is 4.39 Å². The van der Waals surface area contributed by atoms with Crippen molar-refractivity contribution >= 4 is 27.8 Å². The number of nitrogens with one attached hydrogen (secondary N) is 3. The summed E-state index contributed by atoms with van der Waals surface area (Å²) in [4.78, 5) is 16.9. The Balaban J connectivity index is 1.37. The monoisotopic (exact) mass is 503 g/mol. The van der Waals surface area contributed by atoms with Gasteiger partial charge in [-0.3, -0.25) is 10.1 Å². The molecule has 0 aliphatic heterocycles. The molecule has 0 aliphatic carbocycles. The third-order valence-corrected chi connectivity index (χ3v) is 6.54. The van der Waals surface area contributed by atoms with E-state index in [1.54, 1.807) is 18.5 Å². The van der Waals surface area contributed by atoms with Gasteiger partial charge >= 0.3 is 0 Å². The van der Waals surface area contributed by atoms with Gasteiger partial charge in [-0.2, -0.15) is 5.10 Å². The Morgan fingerprint density at radius 1 is 1.03 bits per heavy atom. The van der Waals surface area contributed by atoms with Gasteiger partial charge < -0.3 is 10.3 Å². The number of rotatable bonds is 8. The standard InChI is InChI=1S/C30H26FN7/c1-3-4-6-18(2)34-23-14-21(16-32-17-23)19-9-10-26-25(15-19)28(38-37-26)30-35-27-24(11-12-33-29(27)36-30)20-7-5-8-22(31)13-20/h5,7-17,34H,2-4,6H2,1H3,(H,37,38)(H,33,35,36). The Morgan fingerprint density at radius 3 is 2.82 bits per heavy atom. The van der Waals surface area contributed by atoms with E-state index in [4.69, 9.17) is 4.98 Å².